The van der Waals surface area contributed by atoms with Gasteiger partial charge < -0.3 is 5.11 Å². The molecule has 114 valence electrons. The van der Waals surface area contributed by atoms with Crippen molar-refractivity contribution in [3.8, 4) is 0 Å². The van der Waals surface area contributed by atoms with E-state index in [0.717, 1.165) is 0 Å². The third-order valence-electron chi connectivity index (χ3n) is 3.09. The van der Waals surface area contributed by atoms with Gasteiger partial charge in [0.05, 0.1) is 10.5 Å². The van der Waals surface area contributed by atoms with E-state index in [2.05, 4.69) is 0 Å². The highest BCUT2D eigenvalue weighted by Gasteiger charge is 2.19. The van der Waals surface area contributed by atoms with Crippen molar-refractivity contribution in [3.05, 3.63) is 65.2 Å². The number of rotatable bonds is 5. The molecule has 0 spiro atoms. The van der Waals surface area contributed by atoms with E-state index >= 15 is 0 Å². The van der Waals surface area contributed by atoms with E-state index < -0.39 is 21.8 Å². The van der Waals surface area contributed by atoms with Crippen LogP contribution in [0, 0.1) is 0 Å². The third-order valence-corrected chi connectivity index (χ3v) is 4.10. The summed E-state index contributed by atoms with van der Waals surface area (Å²) in [6.45, 7) is 0. The van der Waals surface area contributed by atoms with Gasteiger partial charge in [-0.05, 0) is 17.7 Å². The molecule has 0 bridgehead atoms. The van der Waals surface area contributed by atoms with Gasteiger partial charge in [0.1, 0.15) is 0 Å². The first-order valence-electron chi connectivity index (χ1n) is 6.27. The number of benzene rings is 2. The number of primary sulfonamides is 1. The van der Waals surface area contributed by atoms with E-state index in [1.807, 2.05) is 0 Å². The van der Waals surface area contributed by atoms with E-state index in [4.69, 9.17) is 10.2 Å². The number of ketones is 1. The van der Waals surface area contributed by atoms with E-state index in [-0.39, 0.29) is 28.0 Å². The zero-order valence-corrected chi connectivity index (χ0v) is 12.2. The largest absolute Gasteiger partial charge is 0.478 e. The quantitative estimate of drug-likeness (QED) is 0.810. The van der Waals surface area contributed by atoms with Crippen molar-refractivity contribution in [2.45, 2.75) is 11.3 Å². The van der Waals surface area contributed by atoms with E-state index in [0.29, 0.717) is 0 Å². The molecule has 7 heteroatoms. The Morgan fingerprint density at radius 3 is 2.09 bits per heavy atom. The Kier molecular flexibility index (Phi) is 4.39. The smallest absolute Gasteiger partial charge is 0.336 e. The number of Topliss-reactive ketones (excluding diaryl/α,β-unsaturated/α-hetero) is 1. The lowest BCUT2D eigenvalue weighted by molar-refractivity contribution is 0.0692. The second kappa shape index (κ2) is 6.08. The summed E-state index contributed by atoms with van der Waals surface area (Å²) in [7, 11) is -3.96. The van der Waals surface area contributed by atoms with E-state index in [1.165, 1.54) is 36.4 Å². The molecular formula is C15H13NO5S. The zero-order chi connectivity index (χ0) is 16.3. The van der Waals surface area contributed by atoms with Gasteiger partial charge in [0, 0.05) is 12.0 Å². The van der Waals surface area contributed by atoms with Crippen molar-refractivity contribution < 1.29 is 23.1 Å². The van der Waals surface area contributed by atoms with Gasteiger partial charge in [-0.15, -0.1) is 0 Å². The van der Waals surface area contributed by atoms with E-state index in [1.54, 1.807) is 12.1 Å². The fourth-order valence-electron chi connectivity index (χ4n) is 2.11. The lowest BCUT2D eigenvalue weighted by atomic mass is 9.98. The monoisotopic (exact) mass is 319 g/mol. The van der Waals surface area contributed by atoms with Crippen molar-refractivity contribution in [1.82, 2.24) is 0 Å². The molecule has 0 aliphatic rings. The maximum absolute atomic E-state index is 12.3. The topological polar surface area (TPSA) is 115 Å². The van der Waals surface area contributed by atoms with Crippen LogP contribution in [-0.2, 0) is 16.4 Å². The summed E-state index contributed by atoms with van der Waals surface area (Å²) in [5.74, 6) is -1.71. The molecule has 0 atom stereocenters. The zero-order valence-electron chi connectivity index (χ0n) is 11.4. The van der Waals surface area contributed by atoms with Crippen LogP contribution < -0.4 is 5.14 Å². The number of nitrogens with two attached hydrogens (primary N) is 1. The highest BCUT2D eigenvalue weighted by molar-refractivity contribution is 7.89. The number of hydrogen-bond acceptors (Lipinski definition) is 4. The molecule has 2 rings (SSSR count). The average Bonchev–Trinajstić information content (AvgIpc) is 2.46. The van der Waals surface area contributed by atoms with Crippen LogP contribution in [0.5, 0.6) is 0 Å². The van der Waals surface area contributed by atoms with Gasteiger partial charge in [0.2, 0.25) is 10.0 Å². The van der Waals surface area contributed by atoms with Crippen LogP contribution in [-0.4, -0.2) is 25.3 Å². The Bertz CT molecular complexity index is 843. The molecule has 22 heavy (non-hydrogen) atoms. The molecule has 6 nitrogen and oxygen atoms in total. The van der Waals surface area contributed by atoms with Gasteiger partial charge in [-0.25, -0.2) is 18.4 Å². The molecule has 0 heterocycles. The fourth-order valence-corrected chi connectivity index (χ4v) is 2.88. The Labute approximate surface area is 127 Å². The lowest BCUT2D eigenvalue weighted by Gasteiger charge is -2.08. The summed E-state index contributed by atoms with van der Waals surface area (Å²) in [5.41, 5.74) is 0.134. The Balaban J connectivity index is 2.42. The molecule has 0 aromatic heterocycles. The predicted octanol–water partition coefficient (Wildman–Crippen LogP) is 1.46. The number of carboxylic acid groups (broad SMARTS) is 1. The first-order valence-corrected chi connectivity index (χ1v) is 7.81. The second-order valence-electron chi connectivity index (χ2n) is 4.60. The molecule has 0 radical (unpaired) electrons. The van der Waals surface area contributed by atoms with Crippen molar-refractivity contribution in [2.24, 2.45) is 5.14 Å². The summed E-state index contributed by atoms with van der Waals surface area (Å²) in [6, 6.07) is 11.6. The number of carboxylic acids is 1. The Morgan fingerprint density at radius 1 is 0.955 bits per heavy atom. The van der Waals surface area contributed by atoms with Crippen LogP contribution in [0.15, 0.2) is 53.4 Å². The highest BCUT2D eigenvalue weighted by atomic mass is 32.2. The minimum absolute atomic E-state index is 0.0271. The van der Waals surface area contributed by atoms with Gasteiger partial charge in [-0.1, -0.05) is 36.4 Å². The minimum atomic E-state index is -3.96. The Hall–Kier alpha value is -2.51. The van der Waals surface area contributed by atoms with Crippen LogP contribution in [0.3, 0.4) is 0 Å². The van der Waals surface area contributed by atoms with Crippen LogP contribution in [0.2, 0.25) is 0 Å². The number of carbonyl (C=O) groups is 2. The number of carbonyl (C=O) groups excluding carboxylic acids is 1. The van der Waals surface area contributed by atoms with Crippen molar-refractivity contribution in [2.75, 3.05) is 0 Å². The van der Waals surface area contributed by atoms with Gasteiger partial charge >= 0.3 is 5.97 Å². The number of aromatic carboxylic acids is 1. The minimum Gasteiger partial charge on any atom is -0.478 e. The maximum Gasteiger partial charge on any atom is 0.336 e. The third kappa shape index (κ3) is 3.38. The van der Waals surface area contributed by atoms with Gasteiger partial charge in [0.15, 0.2) is 5.78 Å². The van der Waals surface area contributed by atoms with Crippen LogP contribution in [0.25, 0.3) is 0 Å². The van der Waals surface area contributed by atoms with Crippen molar-refractivity contribution in [3.63, 3.8) is 0 Å². The Morgan fingerprint density at radius 2 is 1.50 bits per heavy atom. The molecular weight excluding hydrogens is 306 g/mol. The lowest BCUT2D eigenvalue weighted by Crippen LogP contribution is -2.17. The van der Waals surface area contributed by atoms with E-state index in [9.17, 15) is 18.0 Å². The SMILES string of the molecule is NS(=O)(=O)c1ccccc1CC(=O)c1ccccc1C(=O)O. The second-order valence-corrected chi connectivity index (χ2v) is 6.13. The molecule has 0 saturated carbocycles. The molecule has 0 unspecified atom stereocenters. The summed E-state index contributed by atoms with van der Waals surface area (Å²) >= 11 is 0. The molecule has 0 amide bonds. The van der Waals surface area contributed by atoms with Crippen molar-refractivity contribution >= 4 is 21.8 Å². The normalized spacial score (nSPS) is 11.1. The molecule has 0 fully saturated rings. The number of sulfonamides is 1. The molecule has 3 N–H and O–H groups in total. The van der Waals surface area contributed by atoms with Gasteiger partial charge in [-0.3, -0.25) is 4.79 Å². The fraction of sp³-hybridized carbons (Fsp3) is 0.0667. The molecule has 2 aromatic rings. The summed E-state index contributed by atoms with van der Waals surface area (Å²) < 4.78 is 23.0. The van der Waals surface area contributed by atoms with Crippen LogP contribution in [0.4, 0.5) is 0 Å². The van der Waals surface area contributed by atoms with Gasteiger partial charge in [-0.2, -0.15) is 0 Å². The molecule has 0 aliphatic carbocycles. The van der Waals surface area contributed by atoms with Crippen LogP contribution in [0.1, 0.15) is 26.3 Å². The first kappa shape index (κ1) is 15.9. The summed E-state index contributed by atoms with van der Waals surface area (Å²) in [4.78, 5) is 23.3. The average molecular weight is 319 g/mol. The molecule has 0 aliphatic heterocycles. The summed E-state index contributed by atoms with van der Waals surface area (Å²) in [5, 5.41) is 14.2. The molecule has 2 aromatic carbocycles. The maximum atomic E-state index is 12.3. The summed E-state index contributed by atoms with van der Waals surface area (Å²) in [6.07, 6.45) is -0.253. The number of hydrogen-bond donors (Lipinski definition) is 2. The van der Waals surface area contributed by atoms with Crippen molar-refractivity contribution in [1.29, 1.82) is 0 Å². The van der Waals surface area contributed by atoms with Crippen LogP contribution >= 0.6 is 0 Å². The first-order chi connectivity index (χ1) is 10.3. The predicted molar refractivity (Wildman–Crippen MR) is 79.3 cm³/mol. The standard InChI is InChI=1S/C15H13NO5S/c16-22(20,21)14-8-4-1-5-10(14)9-13(17)11-6-2-3-7-12(11)15(18)19/h1-8H,9H2,(H,18,19)(H2,16,20,21). The highest BCUT2D eigenvalue weighted by Crippen LogP contribution is 2.18. The molecule has 0 saturated heterocycles. The van der Waals surface area contributed by atoms with Gasteiger partial charge in [0.25, 0.3) is 0 Å².